The van der Waals surface area contributed by atoms with Gasteiger partial charge in [-0.15, -0.1) is 0 Å². The van der Waals surface area contributed by atoms with Crippen LogP contribution < -0.4 is 10.2 Å². The molecular formula is C28H26BrClFN5O4. The summed E-state index contributed by atoms with van der Waals surface area (Å²) in [5.41, 5.74) is 2.97. The van der Waals surface area contributed by atoms with Crippen molar-refractivity contribution in [2.45, 2.75) is 38.1 Å². The molecule has 0 spiro atoms. The minimum atomic E-state index is -1.13. The van der Waals surface area contributed by atoms with Crippen LogP contribution in [0.25, 0.3) is 16.8 Å². The summed E-state index contributed by atoms with van der Waals surface area (Å²) in [6.45, 7) is 0.353. The number of aromatic nitrogens is 2. The van der Waals surface area contributed by atoms with Gasteiger partial charge in [0.1, 0.15) is 11.6 Å². The molecule has 3 heterocycles. The van der Waals surface area contributed by atoms with Crippen molar-refractivity contribution >= 4 is 62.4 Å². The topological polar surface area (TPSA) is 119 Å². The highest BCUT2D eigenvalue weighted by molar-refractivity contribution is 9.10. The van der Waals surface area contributed by atoms with Crippen LogP contribution in [0.1, 0.15) is 49.5 Å². The fraction of sp³-hybridized carbons (Fsp3) is 0.286. The molecule has 40 heavy (non-hydrogen) atoms. The third-order valence-corrected chi connectivity index (χ3v) is 8.18. The fourth-order valence-corrected chi connectivity index (χ4v) is 5.81. The maximum absolute atomic E-state index is 14.8. The number of carbonyl (C=O) groups excluding carboxylic acids is 2. The van der Waals surface area contributed by atoms with Crippen molar-refractivity contribution in [1.29, 1.82) is 0 Å². The van der Waals surface area contributed by atoms with Crippen molar-refractivity contribution in [3.05, 3.63) is 69.3 Å². The second kappa shape index (κ2) is 11.4. The van der Waals surface area contributed by atoms with E-state index in [1.807, 2.05) is 0 Å². The molecule has 0 unspecified atom stereocenters. The molecule has 3 aromatic rings. The van der Waals surface area contributed by atoms with Crippen LogP contribution in [0.3, 0.4) is 0 Å². The molecule has 1 atom stereocenters. The van der Waals surface area contributed by atoms with Crippen LogP contribution in [0.2, 0.25) is 5.02 Å². The zero-order valence-corrected chi connectivity index (χ0v) is 23.9. The summed E-state index contributed by atoms with van der Waals surface area (Å²) in [4.78, 5) is 48.3. The molecule has 3 N–H and O–H groups in total. The van der Waals surface area contributed by atoms with Gasteiger partial charge in [0.05, 0.1) is 28.6 Å². The molecule has 208 valence electrons. The maximum atomic E-state index is 14.8. The van der Waals surface area contributed by atoms with Gasteiger partial charge in [-0.3, -0.25) is 14.5 Å². The average molecular weight is 631 g/mol. The Kier molecular flexibility index (Phi) is 7.95. The number of amides is 3. The van der Waals surface area contributed by atoms with E-state index in [-0.39, 0.29) is 34.9 Å². The number of imidazole rings is 1. The van der Waals surface area contributed by atoms with Crippen LogP contribution in [0.15, 0.2) is 47.1 Å². The Balaban J connectivity index is 1.49. The van der Waals surface area contributed by atoms with Crippen molar-refractivity contribution < 1.29 is 23.9 Å². The van der Waals surface area contributed by atoms with E-state index in [9.17, 15) is 23.9 Å². The number of H-pyrrole nitrogens is 1. The van der Waals surface area contributed by atoms with Gasteiger partial charge in [0, 0.05) is 47.4 Å². The predicted molar refractivity (Wildman–Crippen MR) is 154 cm³/mol. The van der Waals surface area contributed by atoms with E-state index in [1.54, 1.807) is 35.4 Å². The van der Waals surface area contributed by atoms with E-state index in [2.05, 4.69) is 31.2 Å². The zero-order chi connectivity index (χ0) is 28.6. The van der Waals surface area contributed by atoms with Crippen LogP contribution in [0.5, 0.6) is 0 Å². The van der Waals surface area contributed by atoms with Gasteiger partial charge in [-0.25, -0.2) is 14.2 Å². The van der Waals surface area contributed by atoms with Gasteiger partial charge in [-0.2, -0.15) is 0 Å². The normalized spacial score (nSPS) is 17.8. The van der Waals surface area contributed by atoms with E-state index in [1.165, 1.54) is 19.2 Å². The number of hydrogen-bond acceptors (Lipinski definition) is 4. The first-order valence-corrected chi connectivity index (χ1v) is 13.9. The number of carboxylic acid groups (broad SMARTS) is 1. The van der Waals surface area contributed by atoms with E-state index in [4.69, 9.17) is 11.6 Å². The first-order valence-electron chi connectivity index (χ1n) is 12.7. The zero-order valence-electron chi connectivity index (χ0n) is 21.5. The van der Waals surface area contributed by atoms with Crippen molar-refractivity contribution in [3.63, 3.8) is 0 Å². The predicted octanol–water partition coefficient (Wildman–Crippen LogP) is 6.62. The molecule has 2 aliphatic heterocycles. The number of halogens is 3. The van der Waals surface area contributed by atoms with Crippen LogP contribution >= 0.6 is 27.5 Å². The molecule has 3 amide bonds. The highest BCUT2D eigenvalue weighted by Crippen LogP contribution is 2.38. The Bertz CT molecular complexity index is 1540. The molecule has 12 heteroatoms. The van der Waals surface area contributed by atoms with E-state index in [0.717, 1.165) is 4.90 Å². The Hall–Kier alpha value is -3.70. The van der Waals surface area contributed by atoms with Crippen molar-refractivity contribution in [2.75, 3.05) is 23.8 Å². The number of carbonyl (C=O) groups is 3. The minimum absolute atomic E-state index is 0.0116. The number of nitrogens with one attached hydrogen (secondary N) is 2. The van der Waals surface area contributed by atoms with Gasteiger partial charge in [0.25, 0.3) is 0 Å². The quantitative estimate of drug-likeness (QED) is 0.281. The second-order valence-electron chi connectivity index (χ2n) is 9.73. The minimum Gasteiger partial charge on any atom is -0.465 e. The molecule has 0 fully saturated rings. The van der Waals surface area contributed by atoms with Gasteiger partial charge in [0.2, 0.25) is 11.8 Å². The molecule has 5 rings (SSSR count). The SMILES string of the molecule is CN(C(=O)O)c1ccc2c(c1)NC(=O)CCCC[C@H](N1CCC(c3c(Br)ccc(Cl)c3F)=CC1=O)c1ncc-2[nH]1. The van der Waals surface area contributed by atoms with Gasteiger partial charge in [-0.1, -0.05) is 34.0 Å². The smallest absolute Gasteiger partial charge is 0.411 e. The van der Waals surface area contributed by atoms with Gasteiger partial charge < -0.3 is 20.3 Å². The molecule has 2 aliphatic rings. The molecule has 2 bridgehead atoms. The number of nitrogens with zero attached hydrogens (tertiary/aromatic N) is 3. The molecule has 1 aromatic heterocycles. The summed E-state index contributed by atoms with van der Waals surface area (Å²) in [6, 6.07) is 7.73. The van der Waals surface area contributed by atoms with Crippen molar-refractivity contribution in [3.8, 4) is 11.3 Å². The number of anilines is 2. The van der Waals surface area contributed by atoms with Crippen LogP contribution in [-0.4, -0.2) is 51.5 Å². The van der Waals surface area contributed by atoms with E-state index >= 15 is 0 Å². The summed E-state index contributed by atoms with van der Waals surface area (Å²) in [7, 11) is 1.43. The average Bonchev–Trinajstić information content (AvgIpc) is 3.40. The third kappa shape index (κ3) is 5.48. The molecule has 0 aliphatic carbocycles. The first-order chi connectivity index (χ1) is 19.1. The highest BCUT2D eigenvalue weighted by Gasteiger charge is 2.31. The monoisotopic (exact) mass is 629 g/mol. The summed E-state index contributed by atoms with van der Waals surface area (Å²) < 4.78 is 15.4. The number of fused-ring (bicyclic) bond motifs is 4. The Morgan fingerprint density at radius 2 is 2.02 bits per heavy atom. The lowest BCUT2D eigenvalue weighted by Crippen LogP contribution is -2.38. The lowest BCUT2D eigenvalue weighted by Gasteiger charge is -2.33. The Labute approximate surface area is 243 Å². The van der Waals surface area contributed by atoms with Crippen LogP contribution in [0, 0.1) is 5.82 Å². The highest BCUT2D eigenvalue weighted by atomic mass is 79.9. The lowest BCUT2D eigenvalue weighted by atomic mass is 9.96. The Morgan fingerprint density at radius 3 is 2.77 bits per heavy atom. The molecule has 0 radical (unpaired) electrons. The molecule has 2 aromatic carbocycles. The van der Waals surface area contributed by atoms with Crippen molar-refractivity contribution in [1.82, 2.24) is 14.9 Å². The largest absolute Gasteiger partial charge is 0.465 e. The van der Waals surface area contributed by atoms with Crippen molar-refractivity contribution in [2.24, 2.45) is 0 Å². The number of benzene rings is 2. The number of rotatable bonds is 3. The fourth-order valence-electron chi connectivity index (χ4n) is 5.09. The number of aromatic amines is 1. The van der Waals surface area contributed by atoms with E-state index < -0.39 is 11.9 Å². The summed E-state index contributed by atoms with van der Waals surface area (Å²) in [6.07, 6.45) is 4.49. The van der Waals surface area contributed by atoms with Gasteiger partial charge in [-0.05, 0) is 55.2 Å². The van der Waals surface area contributed by atoms with Gasteiger partial charge >= 0.3 is 6.09 Å². The van der Waals surface area contributed by atoms with Crippen LogP contribution in [0.4, 0.5) is 20.6 Å². The van der Waals surface area contributed by atoms with E-state index in [0.29, 0.717) is 70.7 Å². The number of hydrogen-bond donors (Lipinski definition) is 3. The summed E-state index contributed by atoms with van der Waals surface area (Å²) in [5, 5.41) is 12.3. The molecule has 0 saturated heterocycles. The molecular weight excluding hydrogens is 605 g/mol. The second-order valence-corrected chi connectivity index (χ2v) is 11.0. The molecule has 0 saturated carbocycles. The Morgan fingerprint density at radius 1 is 1.23 bits per heavy atom. The summed E-state index contributed by atoms with van der Waals surface area (Å²) in [5.74, 6) is -0.425. The summed E-state index contributed by atoms with van der Waals surface area (Å²) >= 11 is 9.38. The standard InChI is InChI=1S/C28H26BrClFN5O4/c1-35(28(39)40)16-6-7-17-20(13-16)33-23(37)5-3-2-4-22(27-32-14-21(17)34-27)36-11-10-15(12-24(36)38)25-18(29)8-9-19(30)26(25)31/h6-9,12-14,22H,2-5,10-11H2,1H3,(H,32,34)(H,33,37)(H,39,40)/t22-/m0/s1. The lowest BCUT2D eigenvalue weighted by molar-refractivity contribution is -0.129. The first kappa shape index (κ1) is 27.9. The third-order valence-electron chi connectivity index (χ3n) is 7.23. The van der Waals surface area contributed by atoms with Gasteiger partial charge in [0.15, 0.2) is 0 Å². The molecule has 9 nitrogen and oxygen atoms in total. The maximum Gasteiger partial charge on any atom is 0.411 e. The van der Waals surface area contributed by atoms with Crippen LogP contribution in [-0.2, 0) is 9.59 Å².